The molecule has 4 nitrogen and oxygen atoms in total. The van der Waals surface area contributed by atoms with Gasteiger partial charge in [0.15, 0.2) is 0 Å². The molecule has 4 unspecified atom stereocenters. The Hall–Kier alpha value is -0.610. The predicted molar refractivity (Wildman–Crippen MR) is 71.3 cm³/mol. The molecule has 0 aromatic carbocycles. The fourth-order valence-corrected chi connectivity index (χ4v) is 3.26. The zero-order chi connectivity index (χ0) is 13.0. The van der Waals surface area contributed by atoms with E-state index < -0.39 is 0 Å². The Kier molecular flexibility index (Phi) is 5.01. The van der Waals surface area contributed by atoms with Crippen molar-refractivity contribution in [2.75, 3.05) is 20.3 Å². The minimum absolute atomic E-state index is 0.0350. The van der Waals surface area contributed by atoms with Crippen LogP contribution in [-0.2, 0) is 9.53 Å². The van der Waals surface area contributed by atoms with Crippen LogP contribution in [0.1, 0.15) is 39.0 Å². The molecule has 104 valence electrons. The standard InChI is InChI=1S/C14H26N2O2/c1-10(9-18-2)8-15-14(17)13-7-11-5-3-4-6-12(11)16-13/h10-13,16H,3-9H2,1-2H3,(H,15,17). The van der Waals surface area contributed by atoms with E-state index in [2.05, 4.69) is 17.6 Å². The van der Waals surface area contributed by atoms with Crippen LogP contribution in [0.4, 0.5) is 0 Å². The number of nitrogens with one attached hydrogen (secondary N) is 2. The van der Waals surface area contributed by atoms with Gasteiger partial charge in [0.2, 0.25) is 5.91 Å². The first-order valence-corrected chi connectivity index (χ1v) is 7.23. The number of carbonyl (C=O) groups excluding carboxylic acids is 1. The summed E-state index contributed by atoms with van der Waals surface area (Å²) < 4.78 is 5.07. The molecule has 2 rings (SSSR count). The van der Waals surface area contributed by atoms with Crippen molar-refractivity contribution in [1.29, 1.82) is 0 Å². The summed E-state index contributed by atoms with van der Waals surface area (Å²) in [5.41, 5.74) is 0. The SMILES string of the molecule is COCC(C)CNC(=O)C1CC2CCCCC2N1. The van der Waals surface area contributed by atoms with E-state index in [0.717, 1.165) is 12.3 Å². The Balaban J connectivity index is 1.73. The van der Waals surface area contributed by atoms with Crippen LogP contribution in [0, 0.1) is 11.8 Å². The second-order valence-corrected chi connectivity index (χ2v) is 5.91. The number of carbonyl (C=O) groups is 1. The van der Waals surface area contributed by atoms with Gasteiger partial charge in [-0.05, 0) is 31.1 Å². The number of methoxy groups -OCH3 is 1. The number of ether oxygens (including phenoxy) is 1. The molecule has 1 saturated carbocycles. The molecule has 2 fully saturated rings. The summed E-state index contributed by atoms with van der Waals surface area (Å²) in [7, 11) is 1.70. The molecular formula is C14H26N2O2. The fraction of sp³-hybridized carbons (Fsp3) is 0.929. The Bertz CT molecular complexity index is 269. The highest BCUT2D eigenvalue weighted by Crippen LogP contribution is 2.33. The molecule has 18 heavy (non-hydrogen) atoms. The average molecular weight is 254 g/mol. The topological polar surface area (TPSA) is 50.4 Å². The van der Waals surface area contributed by atoms with Gasteiger partial charge in [-0.15, -0.1) is 0 Å². The quantitative estimate of drug-likeness (QED) is 0.777. The normalized spacial score (nSPS) is 32.9. The molecule has 4 heteroatoms. The van der Waals surface area contributed by atoms with Gasteiger partial charge in [-0.1, -0.05) is 19.8 Å². The third-order valence-electron chi connectivity index (χ3n) is 4.26. The van der Waals surface area contributed by atoms with E-state index >= 15 is 0 Å². The van der Waals surface area contributed by atoms with Crippen molar-refractivity contribution in [3.63, 3.8) is 0 Å². The smallest absolute Gasteiger partial charge is 0.237 e. The van der Waals surface area contributed by atoms with Gasteiger partial charge in [-0.25, -0.2) is 0 Å². The lowest BCUT2D eigenvalue weighted by Gasteiger charge is -2.24. The first-order chi connectivity index (χ1) is 8.70. The van der Waals surface area contributed by atoms with Crippen LogP contribution in [0.15, 0.2) is 0 Å². The summed E-state index contributed by atoms with van der Waals surface area (Å²) in [5.74, 6) is 1.28. The number of amides is 1. The summed E-state index contributed by atoms with van der Waals surface area (Å²) in [4.78, 5) is 12.1. The van der Waals surface area contributed by atoms with Crippen molar-refractivity contribution in [1.82, 2.24) is 10.6 Å². The number of rotatable bonds is 5. The molecule has 1 heterocycles. The number of fused-ring (bicyclic) bond motifs is 1. The zero-order valence-electron chi connectivity index (χ0n) is 11.6. The van der Waals surface area contributed by atoms with E-state index in [9.17, 15) is 4.79 Å². The molecule has 1 amide bonds. The lowest BCUT2D eigenvalue weighted by molar-refractivity contribution is -0.123. The van der Waals surface area contributed by atoms with Crippen LogP contribution >= 0.6 is 0 Å². The molecule has 1 aliphatic carbocycles. The lowest BCUT2D eigenvalue weighted by Crippen LogP contribution is -2.44. The van der Waals surface area contributed by atoms with Gasteiger partial charge in [-0.3, -0.25) is 4.79 Å². The van der Waals surface area contributed by atoms with Crippen LogP contribution < -0.4 is 10.6 Å². The summed E-state index contributed by atoms with van der Waals surface area (Å²) in [5, 5.41) is 6.54. The van der Waals surface area contributed by atoms with Crippen LogP contribution in [-0.4, -0.2) is 38.3 Å². The maximum atomic E-state index is 12.1. The average Bonchev–Trinajstić information content (AvgIpc) is 2.80. The van der Waals surface area contributed by atoms with Crippen LogP contribution in [0.2, 0.25) is 0 Å². The summed E-state index contributed by atoms with van der Waals surface area (Å²) in [6.45, 7) is 3.50. The van der Waals surface area contributed by atoms with Gasteiger partial charge in [0, 0.05) is 19.7 Å². The van der Waals surface area contributed by atoms with Crippen molar-refractivity contribution in [3.05, 3.63) is 0 Å². The third-order valence-corrected chi connectivity index (χ3v) is 4.26. The minimum Gasteiger partial charge on any atom is -0.384 e. The predicted octanol–water partition coefficient (Wildman–Crippen LogP) is 1.31. The van der Waals surface area contributed by atoms with Crippen molar-refractivity contribution in [3.8, 4) is 0 Å². The Morgan fingerprint density at radius 1 is 1.44 bits per heavy atom. The van der Waals surface area contributed by atoms with Crippen molar-refractivity contribution in [2.24, 2.45) is 11.8 Å². The highest BCUT2D eigenvalue weighted by atomic mass is 16.5. The second-order valence-electron chi connectivity index (χ2n) is 5.91. The molecule has 2 N–H and O–H groups in total. The molecule has 0 radical (unpaired) electrons. The Morgan fingerprint density at radius 2 is 2.22 bits per heavy atom. The van der Waals surface area contributed by atoms with E-state index in [-0.39, 0.29) is 11.9 Å². The maximum absolute atomic E-state index is 12.1. The molecule has 0 aromatic rings. The summed E-state index contributed by atoms with van der Waals surface area (Å²) in [6, 6.07) is 0.624. The van der Waals surface area contributed by atoms with Gasteiger partial charge in [0.1, 0.15) is 0 Å². The number of hydrogen-bond donors (Lipinski definition) is 2. The van der Waals surface area contributed by atoms with E-state index in [1.807, 2.05) is 0 Å². The van der Waals surface area contributed by atoms with Gasteiger partial charge < -0.3 is 15.4 Å². The molecule has 1 saturated heterocycles. The van der Waals surface area contributed by atoms with E-state index in [0.29, 0.717) is 25.1 Å². The van der Waals surface area contributed by atoms with Crippen LogP contribution in [0.5, 0.6) is 0 Å². The van der Waals surface area contributed by atoms with Crippen molar-refractivity contribution in [2.45, 2.75) is 51.1 Å². The van der Waals surface area contributed by atoms with Gasteiger partial charge >= 0.3 is 0 Å². The van der Waals surface area contributed by atoms with E-state index in [1.165, 1.54) is 25.7 Å². The fourth-order valence-electron chi connectivity index (χ4n) is 3.26. The molecule has 1 aliphatic heterocycles. The van der Waals surface area contributed by atoms with Crippen LogP contribution in [0.3, 0.4) is 0 Å². The van der Waals surface area contributed by atoms with Gasteiger partial charge in [-0.2, -0.15) is 0 Å². The molecule has 0 bridgehead atoms. The maximum Gasteiger partial charge on any atom is 0.237 e. The molecule has 0 aromatic heterocycles. The molecule has 0 spiro atoms. The lowest BCUT2D eigenvalue weighted by atomic mass is 9.85. The molecule has 2 aliphatic rings. The monoisotopic (exact) mass is 254 g/mol. The van der Waals surface area contributed by atoms with Gasteiger partial charge in [0.25, 0.3) is 0 Å². The summed E-state index contributed by atoms with van der Waals surface area (Å²) >= 11 is 0. The van der Waals surface area contributed by atoms with Gasteiger partial charge in [0.05, 0.1) is 12.6 Å². The third kappa shape index (κ3) is 3.45. The summed E-state index contributed by atoms with van der Waals surface area (Å²) in [6.07, 6.45) is 6.21. The van der Waals surface area contributed by atoms with Crippen molar-refractivity contribution < 1.29 is 9.53 Å². The van der Waals surface area contributed by atoms with Crippen molar-refractivity contribution >= 4 is 5.91 Å². The largest absolute Gasteiger partial charge is 0.384 e. The second kappa shape index (κ2) is 6.53. The molecule has 4 atom stereocenters. The first kappa shape index (κ1) is 13.8. The first-order valence-electron chi connectivity index (χ1n) is 7.23. The van der Waals surface area contributed by atoms with Crippen LogP contribution in [0.25, 0.3) is 0 Å². The Morgan fingerprint density at radius 3 is 2.94 bits per heavy atom. The number of hydrogen-bond acceptors (Lipinski definition) is 3. The van der Waals surface area contributed by atoms with E-state index in [1.54, 1.807) is 7.11 Å². The Labute approximate surface area is 110 Å². The zero-order valence-corrected chi connectivity index (χ0v) is 11.6. The highest BCUT2D eigenvalue weighted by Gasteiger charge is 2.37. The van der Waals surface area contributed by atoms with E-state index in [4.69, 9.17) is 4.74 Å². The molecular weight excluding hydrogens is 228 g/mol. The highest BCUT2D eigenvalue weighted by molar-refractivity contribution is 5.82. The minimum atomic E-state index is 0.0350.